The minimum absolute atomic E-state index is 0.619. The van der Waals surface area contributed by atoms with Gasteiger partial charge in [-0.25, -0.2) is 0 Å². The van der Waals surface area contributed by atoms with E-state index in [0.717, 1.165) is 25.4 Å². The summed E-state index contributed by atoms with van der Waals surface area (Å²) in [6, 6.07) is 19.4. The molecule has 0 aliphatic carbocycles. The second-order valence-corrected chi connectivity index (χ2v) is 5.65. The van der Waals surface area contributed by atoms with Crippen LogP contribution in [-0.4, -0.2) is 31.1 Å². The predicted molar refractivity (Wildman–Crippen MR) is 85.3 cm³/mol. The zero-order chi connectivity index (χ0) is 14.5. The Bertz CT molecular complexity index is 549. The van der Waals surface area contributed by atoms with Crippen LogP contribution >= 0.6 is 0 Å². The maximum Gasteiger partial charge on any atom is 0.119 e. The first-order valence-electron chi connectivity index (χ1n) is 7.48. The lowest BCUT2D eigenvalue weighted by Gasteiger charge is -2.35. The highest BCUT2D eigenvalue weighted by Gasteiger charge is 2.21. The van der Waals surface area contributed by atoms with Crippen LogP contribution in [0.25, 0.3) is 0 Å². The van der Waals surface area contributed by atoms with E-state index < -0.39 is 0 Å². The van der Waals surface area contributed by atoms with E-state index in [1.54, 1.807) is 0 Å². The van der Waals surface area contributed by atoms with Crippen LogP contribution in [0.15, 0.2) is 54.6 Å². The minimum atomic E-state index is 0.619. The van der Waals surface area contributed by atoms with Gasteiger partial charge in [0.25, 0.3) is 0 Å². The topological polar surface area (TPSA) is 24.5 Å². The molecule has 2 aromatic carbocycles. The number of nitrogens with one attached hydrogen (secondary N) is 1. The largest absolute Gasteiger partial charge is 0.489 e. The van der Waals surface area contributed by atoms with Crippen LogP contribution in [0.3, 0.4) is 0 Å². The van der Waals surface area contributed by atoms with Crippen molar-refractivity contribution >= 4 is 0 Å². The summed E-state index contributed by atoms with van der Waals surface area (Å²) in [5, 5.41) is 3.31. The summed E-state index contributed by atoms with van der Waals surface area (Å²) in [7, 11) is 2.19. The molecule has 0 aromatic heterocycles. The van der Waals surface area contributed by atoms with Gasteiger partial charge in [0.15, 0.2) is 0 Å². The number of ether oxygens (including phenoxy) is 1. The molecule has 1 N–H and O–H groups in total. The molecule has 0 bridgehead atoms. The van der Waals surface area contributed by atoms with Crippen LogP contribution in [0.4, 0.5) is 0 Å². The molecule has 3 rings (SSSR count). The minimum Gasteiger partial charge on any atom is -0.489 e. The summed E-state index contributed by atoms with van der Waals surface area (Å²) < 4.78 is 5.81. The Morgan fingerprint density at radius 3 is 2.33 bits per heavy atom. The molecular formula is C18H22N2O. The third-order valence-corrected chi connectivity index (χ3v) is 3.99. The van der Waals surface area contributed by atoms with E-state index in [1.807, 2.05) is 18.2 Å². The molecule has 0 spiro atoms. The first-order valence-corrected chi connectivity index (χ1v) is 7.48. The molecular weight excluding hydrogens is 260 g/mol. The molecule has 1 aliphatic heterocycles. The lowest BCUT2D eigenvalue weighted by atomic mass is 10.1. The zero-order valence-corrected chi connectivity index (χ0v) is 12.5. The van der Waals surface area contributed by atoms with Crippen LogP contribution in [0, 0.1) is 0 Å². The van der Waals surface area contributed by atoms with Crippen molar-refractivity contribution in [1.29, 1.82) is 0 Å². The number of benzene rings is 2. The molecule has 2 aromatic rings. The highest BCUT2D eigenvalue weighted by molar-refractivity contribution is 5.28. The third-order valence-electron chi connectivity index (χ3n) is 3.99. The summed E-state index contributed by atoms with van der Waals surface area (Å²) in [6.07, 6.45) is 0. The second-order valence-electron chi connectivity index (χ2n) is 5.65. The van der Waals surface area contributed by atoms with Crippen molar-refractivity contribution in [2.75, 3.05) is 20.1 Å². The summed E-state index contributed by atoms with van der Waals surface area (Å²) in [4.78, 5) is 2.40. The van der Waals surface area contributed by atoms with E-state index in [1.165, 1.54) is 11.1 Å². The Morgan fingerprint density at radius 1 is 1.00 bits per heavy atom. The van der Waals surface area contributed by atoms with Crippen molar-refractivity contribution in [3.05, 3.63) is 65.7 Å². The summed E-state index contributed by atoms with van der Waals surface area (Å²) in [5.74, 6) is 0.926. The average molecular weight is 282 g/mol. The summed E-state index contributed by atoms with van der Waals surface area (Å²) >= 11 is 0. The molecule has 0 unspecified atom stereocenters. The molecule has 21 heavy (non-hydrogen) atoms. The van der Waals surface area contributed by atoms with E-state index in [-0.39, 0.29) is 0 Å². The highest BCUT2D eigenvalue weighted by Crippen LogP contribution is 2.16. The van der Waals surface area contributed by atoms with Gasteiger partial charge in [-0.15, -0.1) is 0 Å². The van der Waals surface area contributed by atoms with Gasteiger partial charge in [0.1, 0.15) is 12.4 Å². The molecule has 1 fully saturated rings. The maximum atomic E-state index is 5.81. The van der Waals surface area contributed by atoms with Gasteiger partial charge < -0.3 is 10.1 Å². The lowest BCUT2D eigenvalue weighted by molar-refractivity contribution is 0.173. The standard InChI is InChI=1S/C18H22N2O/c1-20(17-11-19-12-17)13-15-7-9-18(10-8-15)21-14-16-5-3-2-4-6-16/h2-10,17,19H,11-14H2,1H3. The van der Waals surface area contributed by atoms with Crippen LogP contribution in [0.1, 0.15) is 11.1 Å². The fourth-order valence-electron chi connectivity index (χ4n) is 2.43. The molecule has 0 radical (unpaired) electrons. The van der Waals surface area contributed by atoms with E-state index >= 15 is 0 Å². The first kappa shape index (κ1) is 14.1. The van der Waals surface area contributed by atoms with Gasteiger partial charge in [0.2, 0.25) is 0 Å². The van der Waals surface area contributed by atoms with E-state index in [0.29, 0.717) is 12.6 Å². The van der Waals surface area contributed by atoms with Gasteiger partial charge in [-0.3, -0.25) is 4.90 Å². The van der Waals surface area contributed by atoms with Gasteiger partial charge in [-0.2, -0.15) is 0 Å². The molecule has 110 valence electrons. The predicted octanol–water partition coefficient (Wildman–Crippen LogP) is 2.67. The van der Waals surface area contributed by atoms with Crippen LogP contribution in [0.5, 0.6) is 5.75 Å². The lowest BCUT2D eigenvalue weighted by Crippen LogP contribution is -2.55. The number of hydrogen-bond donors (Lipinski definition) is 1. The SMILES string of the molecule is CN(Cc1ccc(OCc2ccccc2)cc1)C1CNC1. The Morgan fingerprint density at radius 2 is 1.71 bits per heavy atom. The molecule has 0 amide bonds. The molecule has 3 heteroatoms. The van der Waals surface area contributed by atoms with Crippen molar-refractivity contribution in [2.24, 2.45) is 0 Å². The smallest absolute Gasteiger partial charge is 0.119 e. The van der Waals surface area contributed by atoms with E-state index in [4.69, 9.17) is 4.74 Å². The Balaban J connectivity index is 1.51. The van der Waals surface area contributed by atoms with Gasteiger partial charge in [0, 0.05) is 25.7 Å². The number of likely N-dealkylation sites (N-methyl/N-ethyl adjacent to an activating group) is 1. The molecule has 1 heterocycles. The fourth-order valence-corrected chi connectivity index (χ4v) is 2.43. The first-order chi connectivity index (χ1) is 10.3. The van der Waals surface area contributed by atoms with E-state index in [9.17, 15) is 0 Å². The van der Waals surface area contributed by atoms with Gasteiger partial charge in [0.05, 0.1) is 0 Å². The number of hydrogen-bond acceptors (Lipinski definition) is 3. The molecule has 0 saturated carbocycles. The van der Waals surface area contributed by atoms with E-state index in [2.05, 4.69) is 53.7 Å². The van der Waals surface area contributed by atoms with Crippen molar-refractivity contribution < 1.29 is 4.74 Å². The monoisotopic (exact) mass is 282 g/mol. The summed E-state index contributed by atoms with van der Waals surface area (Å²) in [6.45, 7) is 3.82. The summed E-state index contributed by atoms with van der Waals surface area (Å²) in [5.41, 5.74) is 2.52. The van der Waals surface area contributed by atoms with Gasteiger partial charge in [-0.1, -0.05) is 42.5 Å². The van der Waals surface area contributed by atoms with Crippen molar-refractivity contribution in [1.82, 2.24) is 10.2 Å². The Labute approximate surface area is 126 Å². The maximum absolute atomic E-state index is 5.81. The van der Waals surface area contributed by atoms with Crippen molar-refractivity contribution in [2.45, 2.75) is 19.2 Å². The molecule has 3 nitrogen and oxygen atoms in total. The van der Waals surface area contributed by atoms with Crippen LogP contribution in [-0.2, 0) is 13.2 Å². The Kier molecular flexibility index (Phi) is 4.53. The van der Waals surface area contributed by atoms with Crippen molar-refractivity contribution in [3.8, 4) is 5.75 Å². The van der Waals surface area contributed by atoms with Gasteiger partial charge >= 0.3 is 0 Å². The molecule has 1 aliphatic rings. The van der Waals surface area contributed by atoms with Gasteiger partial charge in [-0.05, 0) is 30.3 Å². The zero-order valence-electron chi connectivity index (χ0n) is 12.5. The van der Waals surface area contributed by atoms with Crippen LogP contribution in [0.2, 0.25) is 0 Å². The second kappa shape index (κ2) is 6.74. The quantitative estimate of drug-likeness (QED) is 0.881. The van der Waals surface area contributed by atoms with Crippen molar-refractivity contribution in [3.63, 3.8) is 0 Å². The Hall–Kier alpha value is -1.84. The molecule has 0 atom stereocenters. The highest BCUT2D eigenvalue weighted by atomic mass is 16.5. The fraction of sp³-hybridized carbons (Fsp3) is 0.333. The van der Waals surface area contributed by atoms with Crippen LogP contribution < -0.4 is 10.1 Å². The average Bonchev–Trinajstić information content (AvgIpc) is 2.46. The number of nitrogens with zero attached hydrogens (tertiary/aromatic N) is 1. The molecule has 1 saturated heterocycles. The number of rotatable bonds is 6. The normalized spacial score (nSPS) is 15.0. The third kappa shape index (κ3) is 3.84.